The number of hydrogen-bond donors (Lipinski definition) is 0. The maximum Gasteiger partial charge on any atom is 0.348 e. The fourth-order valence-corrected chi connectivity index (χ4v) is 6.64. The average Bonchev–Trinajstić information content (AvgIpc) is 3.22. The van der Waals surface area contributed by atoms with E-state index in [1.165, 1.54) is 24.0 Å². The summed E-state index contributed by atoms with van der Waals surface area (Å²) in [4.78, 5) is 22.6. The maximum atomic E-state index is 12.1. The normalized spacial score (nSPS) is 17.2. The van der Waals surface area contributed by atoms with Crippen molar-refractivity contribution >= 4 is 56.5 Å². The highest BCUT2D eigenvalue weighted by atomic mass is 35.5. The Bertz CT molecular complexity index is 1610. The number of methoxy groups -OCH3 is 1. The van der Waals surface area contributed by atoms with Crippen molar-refractivity contribution in [3.05, 3.63) is 63.3 Å². The molecule has 1 fully saturated rings. The second kappa shape index (κ2) is 9.13. The van der Waals surface area contributed by atoms with Gasteiger partial charge in [-0.25, -0.2) is 19.3 Å². The van der Waals surface area contributed by atoms with Gasteiger partial charge in [-0.05, 0) is 49.4 Å². The Hall–Kier alpha value is -3.02. The first-order chi connectivity index (χ1) is 17.5. The van der Waals surface area contributed by atoms with Crippen LogP contribution in [0.5, 0.6) is 0 Å². The molecule has 0 amide bonds. The average molecular weight is 540 g/mol. The van der Waals surface area contributed by atoms with Gasteiger partial charge in [0, 0.05) is 17.5 Å². The van der Waals surface area contributed by atoms with Crippen molar-refractivity contribution in [2.75, 3.05) is 7.11 Å². The van der Waals surface area contributed by atoms with E-state index >= 15 is 0 Å². The fourth-order valence-electron chi connectivity index (χ4n) is 4.59. The molecule has 0 radical (unpaired) electrons. The molecule has 0 aliphatic heterocycles. The number of carbonyl (C=O) groups is 1. The standard InChI is InChI=1S/C24H22ClN7O2S2/c1-4-31-20(16-9-15(16)13-5-7-14(25)8-6-13)28-29-24(31)35-10-17-27-21-18-12(2)19(23(33)34-3)36-22(18)26-11-32(21)30-17/h5-8,11,15-16H,4,9-10H2,1-3H3. The zero-order valence-electron chi connectivity index (χ0n) is 19.8. The van der Waals surface area contributed by atoms with Gasteiger partial charge in [-0.1, -0.05) is 35.5 Å². The molecule has 5 aromatic rings. The Kier molecular flexibility index (Phi) is 5.93. The molecule has 1 aliphatic carbocycles. The van der Waals surface area contributed by atoms with Crippen LogP contribution in [0.15, 0.2) is 35.7 Å². The summed E-state index contributed by atoms with van der Waals surface area (Å²) in [6.45, 7) is 4.79. The summed E-state index contributed by atoms with van der Waals surface area (Å²) in [5.74, 6) is 2.68. The lowest BCUT2D eigenvalue weighted by atomic mass is 10.1. The van der Waals surface area contributed by atoms with E-state index in [9.17, 15) is 4.79 Å². The summed E-state index contributed by atoms with van der Waals surface area (Å²) in [5, 5.41) is 16.1. The van der Waals surface area contributed by atoms with Gasteiger partial charge in [0.05, 0.1) is 18.2 Å². The van der Waals surface area contributed by atoms with E-state index in [2.05, 4.69) is 43.9 Å². The minimum Gasteiger partial charge on any atom is -0.465 e. The first-order valence-electron chi connectivity index (χ1n) is 11.5. The largest absolute Gasteiger partial charge is 0.465 e. The number of thiophene rings is 1. The molecule has 2 unspecified atom stereocenters. The van der Waals surface area contributed by atoms with Gasteiger partial charge < -0.3 is 9.30 Å². The van der Waals surface area contributed by atoms with Crippen molar-refractivity contribution in [1.29, 1.82) is 0 Å². The first-order valence-corrected chi connectivity index (χ1v) is 13.7. The van der Waals surface area contributed by atoms with E-state index in [1.54, 1.807) is 22.6 Å². The molecule has 2 atom stereocenters. The number of halogens is 1. The topological polar surface area (TPSA) is 100 Å². The summed E-state index contributed by atoms with van der Waals surface area (Å²) < 4.78 is 8.76. The van der Waals surface area contributed by atoms with Crippen molar-refractivity contribution in [1.82, 2.24) is 34.3 Å². The van der Waals surface area contributed by atoms with E-state index < -0.39 is 0 Å². The molecule has 1 saturated carbocycles. The molecule has 12 heteroatoms. The van der Waals surface area contributed by atoms with Crippen molar-refractivity contribution in [3.63, 3.8) is 0 Å². The smallest absolute Gasteiger partial charge is 0.348 e. The third-order valence-electron chi connectivity index (χ3n) is 6.49. The predicted octanol–water partition coefficient (Wildman–Crippen LogP) is 5.26. The van der Waals surface area contributed by atoms with E-state index in [4.69, 9.17) is 21.3 Å². The molecule has 4 heterocycles. The van der Waals surface area contributed by atoms with Crippen LogP contribution in [0.1, 0.15) is 57.6 Å². The second-order valence-electron chi connectivity index (χ2n) is 8.64. The van der Waals surface area contributed by atoms with Crippen LogP contribution in [0.4, 0.5) is 0 Å². The number of rotatable bonds is 7. The van der Waals surface area contributed by atoms with Gasteiger partial charge in [0.25, 0.3) is 0 Å². The molecule has 36 heavy (non-hydrogen) atoms. The number of esters is 1. The maximum absolute atomic E-state index is 12.1. The van der Waals surface area contributed by atoms with Gasteiger partial charge >= 0.3 is 5.97 Å². The van der Waals surface area contributed by atoms with Crippen molar-refractivity contribution < 1.29 is 9.53 Å². The molecule has 9 nitrogen and oxygen atoms in total. The minimum absolute atomic E-state index is 0.367. The highest BCUT2D eigenvalue weighted by molar-refractivity contribution is 7.98. The van der Waals surface area contributed by atoms with Crippen molar-refractivity contribution in [3.8, 4) is 0 Å². The number of nitrogens with zero attached hydrogens (tertiary/aromatic N) is 7. The van der Waals surface area contributed by atoms with Crippen LogP contribution < -0.4 is 0 Å². The lowest BCUT2D eigenvalue weighted by Gasteiger charge is -2.06. The molecular formula is C24H22ClN7O2S2. The zero-order valence-corrected chi connectivity index (χ0v) is 22.2. The third kappa shape index (κ3) is 3.95. The van der Waals surface area contributed by atoms with Crippen LogP contribution in [-0.2, 0) is 17.0 Å². The predicted molar refractivity (Wildman–Crippen MR) is 139 cm³/mol. The molecule has 0 spiro atoms. The highest BCUT2D eigenvalue weighted by Gasteiger charge is 2.43. The minimum atomic E-state index is -0.368. The fraction of sp³-hybridized carbons (Fsp3) is 0.333. The van der Waals surface area contributed by atoms with E-state index in [-0.39, 0.29) is 5.97 Å². The van der Waals surface area contributed by atoms with Crippen LogP contribution in [0.25, 0.3) is 15.9 Å². The Labute approximate surface area is 219 Å². The molecule has 4 aromatic heterocycles. The number of thioether (sulfide) groups is 1. The van der Waals surface area contributed by atoms with Crippen molar-refractivity contribution in [2.24, 2.45) is 0 Å². The van der Waals surface area contributed by atoms with Gasteiger partial charge in [0.15, 0.2) is 16.6 Å². The van der Waals surface area contributed by atoms with Gasteiger partial charge in [0.2, 0.25) is 0 Å². The van der Waals surface area contributed by atoms with Crippen LogP contribution in [0.2, 0.25) is 5.02 Å². The number of ether oxygens (including phenoxy) is 1. The van der Waals surface area contributed by atoms with Gasteiger partial charge in [-0.2, -0.15) is 0 Å². The van der Waals surface area contributed by atoms with Crippen LogP contribution in [0.3, 0.4) is 0 Å². The van der Waals surface area contributed by atoms with E-state index in [0.29, 0.717) is 33.9 Å². The summed E-state index contributed by atoms with van der Waals surface area (Å²) in [5.41, 5.74) is 2.78. The molecule has 1 aliphatic rings. The number of fused-ring (bicyclic) bond motifs is 3. The molecule has 0 bridgehead atoms. The Morgan fingerprint density at radius 2 is 2.06 bits per heavy atom. The summed E-state index contributed by atoms with van der Waals surface area (Å²) in [7, 11) is 1.38. The van der Waals surface area contributed by atoms with E-state index in [0.717, 1.165) is 44.7 Å². The number of aromatic nitrogens is 7. The monoisotopic (exact) mass is 539 g/mol. The SMILES string of the molecule is CCn1c(SCc2nc3c4c(C)c(C(=O)OC)sc4ncn3n2)nnc1C1CC1c1ccc(Cl)cc1. The number of carbonyl (C=O) groups excluding carboxylic acids is 1. The Morgan fingerprint density at radius 1 is 1.25 bits per heavy atom. The molecule has 0 saturated heterocycles. The molecule has 1 aromatic carbocycles. The highest BCUT2D eigenvalue weighted by Crippen LogP contribution is 2.54. The quantitative estimate of drug-likeness (QED) is 0.204. The van der Waals surface area contributed by atoms with Crippen LogP contribution in [-0.4, -0.2) is 47.4 Å². The van der Waals surface area contributed by atoms with Gasteiger partial charge in [-0.15, -0.1) is 26.6 Å². The Morgan fingerprint density at radius 3 is 2.81 bits per heavy atom. The number of aryl methyl sites for hydroxylation is 1. The van der Waals surface area contributed by atoms with Gasteiger partial charge in [0.1, 0.15) is 21.9 Å². The van der Waals surface area contributed by atoms with Crippen LogP contribution >= 0.6 is 34.7 Å². The second-order valence-corrected chi connectivity index (χ2v) is 11.0. The summed E-state index contributed by atoms with van der Waals surface area (Å²) >= 11 is 8.92. The third-order valence-corrected chi connectivity index (χ3v) is 8.89. The Balaban J connectivity index is 1.23. The van der Waals surface area contributed by atoms with Crippen molar-refractivity contribution in [2.45, 2.75) is 49.6 Å². The summed E-state index contributed by atoms with van der Waals surface area (Å²) in [6.07, 6.45) is 2.70. The molecule has 0 N–H and O–H groups in total. The molecule has 184 valence electrons. The summed E-state index contributed by atoms with van der Waals surface area (Å²) in [6, 6.07) is 8.08. The molecule has 6 rings (SSSR count). The first kappa shape index (κ1) is 23.4. The van der Waals surface area contributed by atoms with Gasteiger partial charge in [-0.3, -0.25) is 0 Å². The molecular weight excluding hydrogens is 518 g/mol. The van der Waals surface area contributed by atoms with Crippen LogP contribution in [0, 0.1) is 6.92 Å². The number of benzene rings is 1. The number of hydrogen-bond acceptors (Lipinski definition) is 9. The van der Waals surface area contributed by atoms with E-state index in [1.807, 2.05) is 19.1 Å². The lowest BCUT2D eigenvalue weighted by Crippen LogP contribution is -2.03. The lowest BCUT2D eigenvalue weighted by molar-refractivity contribution is 0.0605. The zero-order chi connectivity index (χ0) is 25.0.